The smallest absolute Gasteiger partial charge is 0.335 e. The first kappa shape index (κ1) is 14.0. The van der Waals surface area contributed by atoms with Crippen molar-refractivity contribution in [1.29, 1.82) is 0 Å². The molecule has 0 atom stereocenters. The maximum absolute atomic E-state index is 11.8. The highest BCUT2D eigenvalue weighted by Crippen LogP contribution is 2.17. The summed E-state index contributed by atoms with van der Waals surface area (Å²) in [5.74, 6) is -3.74. The topological polar surface area (TPSA) is 169 Å². The molecule has 2 aromatic rings. The van der Waals surface area contributed by atoms with Gasteiger partial charge in [-0.25, -0.2) is 14.2 Å². The van der Waals surface area contributed by atoms with Crippen LogP contribution in [0.3, 0.4) is 0 Å². The molecule has 5 N–H and O–H groups in total. The van der Waals surface area contributed by atoms with Gasteiger partial charge < -0.3 is 21.3 Å². The van der Waals surface area contributed by atoms with Gasteiger partial charge in [0.15, 0.2) is 0 Å². The Labute approximate surface area is 116 Å². The van der Waals surface area contributed by atoms with Gasteiger partial charge in [0.05, 0.1) is 11.1 Å². The number of carbonyl (C=O) groups excluding carboxylic acids is 1. The molecule has 0 radical (unpaired) electrons. The highest BCUT2D eigenvalue weighted by atomic mass is 16.6. The fourth-order valence-electron chi connectivity index (χ4n) is 1.49. The van der Waals surface area contributed by atoms with E-state index in [1.807, 2.05) is 0 Å². The number of nitrogen functional groups attached to an aromatic ring is 1. The lowest BCUT2D eigenvalue weighted by Crippen LogP contribution is -2.15. The summed E-state index contributed by atoms with van der Waals surface area (Å²) in [7, 11) is 0. The van der Waals surface area contributed by atoms with Crippen LogP contribution in [0.1, 0.15) is 31.2 Å². The van der Waals surface area contributed by atoms with E-state index in [1.54, 1.807) is 0 Å². The minimum absolute atomic E-state index is 0.0419. The number of aromatic carboxylic acids is 2. The first-order valence-corrected chi connectivity index (χ1v) is 5.39. The molecular weight excluding hydrogens is 284 g/mol. The van der Waals surface area contributed by atoms with Crippen LogP contribution in [0.2, 0.25) is 0 Å². The normalized spacial score (nSPS) is 10.1. The number of hydrogen-bond donors (Lipinski definition) is 4. The molecule has 10 heteroatoms. The molecule has 1 aromatic heterocycles. The summed E-state index contributed by atoms with van der Waals surface area (Å²) in [5, 5.41) is 26.6. The third-order valence-electron chi connectivity index (χ3n) is 2.41. The Bertz CT molecular complexity index is 706. The number of carboxylic acids is 2. The van der Waals surface area contributed by atoms with E-state index in [9.17, 15) is 14.4 Å². The molecule has 0 aliphatic rings. The fraction of sp³-hybridized carbons (Fsp3) is 0. The van der Waals surface area contributed by atoms with E-state index < -0.39 is 17.8 Å². The maximum Gasteiger partial charge on any atom is 0.335 e. The van der Waals surface area contributed by atoms with Crippen LogP contribution in [0.15, 0.2) is 22.8 Å². The summed E-state index contributed by atoms with van der Waals surface area (Å²) in [5.41, 5.74) is 4.40. The number of hydrogen-bond acceptors (Lipinski definition) is 7. The molecule has 1 heterocycles. The molecule has 0 saturated heterocycles. The van der Waals surface area contributed by atoms with E-state index in [-0.39, 0.29) is 28.3 Å². The Morgan fingerprint density at radius 1 is 1.05 bits per heavy atom. The molecule has 21 heavy (non-hydrogen) atoms. The van der Waals surface area contributed by atoms with Gasteiger partial charge in [0.1, 0.15) is 0 Å². The van der Waals surface area contributed by atoms with Crippen molar-refractivity contribution in [3.05, 3.63) is 35.0 Å². The lowest BCUT2D eigenvalue weighted by atomic mass is 10.1. The minimum atomic E-state index is -1.34. The molecule has 0 spiro atoms. The summed E-state index contributed by atoms with van der Waals surface area (Å²) in [6, 6.07) is 3.15. The molecule has 0 aliphatic heterocycles. The van der Waals surface area contributed by atoms with Crippen molar-refractivity contribution in [2.24, 2.45) is 0 Å². The lowest BCUT2D eigenvalue weighted by Gasteiger charge is -2.06. The standard InChI is InChI=1S/C11H8N4O6/c12-8-7(14-21-15-8)9(16)13-6-2-4(10(17)18)1-5(3-6)11(19)20/h1-3H,(H2,12,15)(H,13,16)(H,17,18)(H,19,20). The predicted octanol–water partition coefficient (Wildman–Crippen LogP) is 0.300. The summed E-state index contributed by atoms with van der Waals surface area (Å²) in [4.78, 5) is 33.7. The fourth-order valence-corrected chi connectivity index (χ4v) is 1.49. The Balaban J connectivity index is 2.35. The number of carbonyl (C=O) groups is 3. The molecule has 0 unspecified atom stereocenters. The second-order valence-corrected chi connectivity index (χ2v) is 3.86. The number of benzene rings is 1. The van der Waals surface area contributed by atoms with E-state index in [0.29, 0.717) is 0 Å². The first-order chi connectivity index (χ1) is 9.88. The average molecular weight is 292 g/mol. The van der Waals surface area contributed by atoms with Gasteiger partial charge in [0.25, 0.3) is 5.91 Å². The molecule has 1 aromatic carbocycles. The predicted molar refractivity (Wildman–Crippen MR) is 67.0 cm³/mol. The second kappa shape index (κ2) is 5.28. The molecule has 0 saturated carbocycles. The molecule has 1 amide bonds. The Morgan fingerprint density at radius 2 is 1.62 bits per heavy atom. The largest absolute Gasteiger partial charge is 0.478 e. The molecule has 10 nitrogen and oxygen atoms in total. The Hall–Kier alpha value is -3.43. The molecular formula is C11H8N4O6. The van der Waals surface area contributed by atoms with Crippen molar-refractivity contribution < 1.29 is 29.2 Å². The molecule has 0 bridgehead atoms. The summed E-state index contributed by atoms with van der Waals surface area (Å²) >= 11 is 0. The third-order valence-corrected chi connectivity index (χ3v) is 2.41. The zero-order valence-electron chi connectivity index (χ0n) is 10.2. The number of nitrogens with two attached hydrogens (primary N) is 1. The van der Waals surface area contributed by atoms with Crippen LogP contribution in [-0.2, 0) is 0 Å². The summed E-state index contributed by atoms with van der Waals surface area (Å²) in [6.07, 6.45) is 0. The van der Waals surface area contributed by atoms with Crippen LogP contribution in [0.4, 0.5) is 11.5 Å². The van der Waals surface area contributed by atoms with Gasteiger partial charge in [0.2, 0.25) is 11.5 Å². The van der Waals surface area contributed by atoms with Crippen molar-refractivity contribution in [1.82, 2.24) is 10.3 Å². The zero-order valence-corrected chi connectivity index (χ0v) is 10.2. The van der Waals surface area contributed by atoms with Gasteiger partial charge in [-0.05, 0) is 28.5 Å². The van der Waals surface area contributed by atoms with Crippen molar-refractivity contribution in [3.63, 3.8) is 0 Å². The lowest BCUT2D eigenvalue weighted by molar-refractivity contribution is 0.0696. The second-order valence-electron chi connectivity index (χ2n) is 3.86. The van der Waals surface area contributed by atoms with Gasteiger partial charge in [0, 0.05) is 5.69 Å². The monoisotopic (exact) mass is 292 g/mol. The summed E-state index contributed by atoms with van der Waals surface area (Å²) < 4.78 is 4.25. The van der Waals surface area contributed by atoms with E-state index in [2.05, 4.69) is 20.3 Å². The number of aromatic nitrogens is 2. The highest BCUT2D eigenvalue weighted by molar-refractivity contribution is 6.06. The van der Waals surface area contributed by atoms with Crippen molar-refractivity contribution in [3.8, 4) is 0 Å². The number of nitrogens with zero attached hydrogens (tertiary/aromatic N) is 2. The Kier molecular flexibility index (Phi) is 3.52. The third kappa shape index (κ3) is 2.94. The molecule has 0 fully saturated rings. The van der Waals surface area contributed by atoms with Crippen LogP contribution in [0, 0.1) is 0 Å². The van der Waals surface area contributed by atoms with Crippen molar-refractivity contribution in [2.45, 2.75) is 0 Å². The number of nitrogens with one attached hydrogen (secondary N) is 1. The molecule has 108 valence electrons. The van der Waals surface area contributed by atoms with Crippen LogP contribution < -0.4 is 11.1 Å². The van der Waals surface area contributed by atoms with Gasteiger partial charge >= 0.3 is 11.9 Å². The Morgan fingerprint density at radius 3 is 2.05 bits per heavy atom. The van der Waals surface area contributed by atoms with E-state index in [1.165, 1.54) is 0 Å². The molecule has 2 rings (SSSR count). The molecule has 0 aliphatic carbocycles. The average Bonchev–Trinajstić information content (AvgIpc) is 2.84. The first-order valence-electron chi connectivity index (χ1n) is 5.39. The highest BCUT2D eigenvalue weighted by Gasteiger charge is 2.18. The van der Waals surface area contributed by atoms with Gasteiger partial charge in [-0.3, -0.25) is 4.79 Å². The van der Waals surface area contributed by atoms with Crippen LogP contribution in [-0.4, -0.2) is 38.4 Å². The van der Waals surface area contributed by atoms with Crippen molar-refractivity contribution >= 4 is 29.4 Å². The number of carboxylic acid groups (broad SMARTS) is 2. The summed E-state index contributed by atoms with van der Waals surface area (Å²) in [6.45, 7) is 0. The number of anilines is 2. The minimum Gasteiger partial charge on any atom is -0.478 e. The van der Waals surface area contributed by atoms with Crippen LogP contribution in [0.25, 0.3) is 0 Å². The van der Waals surface area contributed by atoms with Crippen molar-refractivity contribution in [2.75, 3.05) is 11.1 Å². The maximum atomic E-state index is 11.8. The number of amides is 1. The van der Waals surface area contributed by atoms with Gasteiger partial charge in [-0.2, -0.15) is 0 Å². The number of rotatable bonds is 4. The van der Waals surface area contributed by atoms with E-state index in [0.717, 1.165) is 18.2 Å². The van der Waals surface area contributed by atoms with E-state index in [4.69, 9.17) is 15.9 Å². The zero-order chi connectivity index (χ0) is 15.6. The van der Waals surface area contributed by atoms with E-state index >= 15 is 0 Å². The van der Waals surface area contributed by atoms with Crippen LogP contribution >= 0.6 is 0 Å². The van der Waals surface area contributed by atoms with Crippen LogP contribution in [0.5, 0.6) is 0 Å². The quantitative estimate of drug-likeness (QED) is 0.618. The van der Waals surface area contributed by atoms with Gasteiger partial charge in [-0.1, -0.05) is 0 Å². The SMILES string of the molecule is Nc1nonc1C(=O)Nc1cc(C(=O)O)cc(C(=O)O)c1. The van der Waals surface area contributed by atoms with Gasteiger partial charge in [-0.15, -0.1) is 0 Å².